The summed E-state index contributed by atoms with van der Waals surface area (Å²) in [7, 11) is 1.50. The molecule has 6 nitrogen and oxygen atoms in total. The summed E-state index contributed by atoms with van der Waals surface area (Å²) in [4.78, 5) is 39.6. The molecule has 1 fully saturated rings. The number of para-hydroxylation sites is 1. The second kappa shape index (κ2) is 8.39. The van der Waals surface area contributed by atoms with Crippen LogP contribution in [0.2, 0.25) is 5.02 Å². The van der Waals surface area contributed by atoms with Gasteiger partial charge in [-0.15, -0.1) is 0 Å². The number of anilines is 2. The average Bonchev–Trinajstić information content (AvgIpc) is 3.04. The van der Waals surface area contributed by atoms with Crippen LogP contribution in [0.25, 0.3) is 0 Å². The summed E-state index contributed by atoms with van der Waals surface area (Å²) in [6.45, 7) is -0.0758. The molecular weight excluding hydrogens is 385 g/mol. The molecule has 0 aliphatic carbocycles. The highest BCUT2D eigenvalue weighted by atomic mass is 35.5. The fourth-order valence-electron chi connectivity index (χ4n) is 3.12. The number of nitrogens with one attached hydrogen (secondary N) is 1. The number of likely N-dealkylation sites (N-methyl/N-ethyl adjacent to an activating group) is 1. The summed E-state index contributed by atoms with van der Waals surface area (Å²) < 4.78 is 14.0. The van der Waals surface area contributed by atoms with E-state index in [4.69, 9.17) is 11.6 Å². The molecule has 1 N–H and O–H groups in total. The van der Waals surface area contributed by atoms with Gasteiger partial charge in [-0.2, -0.15) is 0 Å². The first-order valence-corrected chi connectivity index (χ1v) is 9.08. The Kier molecular flexibility index (Phi) is 5.94. The Hall–Kier alpha value is -2.93. The van der Waals surface area contributed by atoms with Gasteiger partial charge in [-0.25, -0.2) is 4.39 Å². The maximum Gasteiger partial charge on any atom is 0.243 e. The Balaban J connectivity index is 1.59. The minimum atomic E-state index is -0.625. The minimum absolute atomic E-state index is 0.0175. The number of benzene rings is 2. The van der Waals surface area contributed by atoms with Gasteiger partial charge < -0.3 is 15.1 Å². The van der Waals surface area contributed by atoms with Crippen molar-refractivity contribution in [1.82, 2.24) is 4.90 Å². The maximum atomic E-state index is 14.0. The highest BCUT2D eigenvalue weighted by molar-refractivity contribution is 6.30. The van der Waals surface area contributed by atoms with Gasteiger partial charge in [0.15, 0.2) is 0 Å². The molecule has 28 heavy (non-hydrogen) atoms. The molecule has 0 bridgehead atoms. The van der Waals surface area contributed by atoms with Gasteiger partial charge in [-0.1, -0.05) is 23.7 Å². The normalized spacial score (nSPS) is 16.2. The van der Waals surface area contributed by atoms with E-state index >= 15 is 0 Å². The van der Waals surface area contributed by atoms with Crippen molar-refractivity contribution in [3.05, 3.63) is 59.4 Å². The zero-order valence-electron chi connectivity index (χ0n) is 15.2. The number of carbonyl (C=O) groups excluding carboxylic acids is 3. The summed E-state index contributed by atoms with van der Waals surface area (Å²) in [5, 5.41) is 3.23. The van der Waals surface area contributed by atoms with Crippen LogP contribution in [0.5, 0.6) is 0 Å². The summed E-state index contributed by atoms with van der Waals surface area (Å²) in [5.74, 6) is -2.16. The van der Waals surface area contributed by atoms with Crippen molar-refractivity contribution >= 4 is 40.7 Å². The van der Waals surface area contributed by atoms with Gasteiger partial charge in [0.25, 0.3) is 0 Å². The van der Waals surface area contributed by atoms with Crippen molar-refractivity contribution in [3.8, 4) is 0 Å². The van der Waals surface area contributed by atoms with E-state index in [1.54, 1.807) is 30.3 Å². The summed E-state index contributed by atoms with van der Waals surface area (Å²) >= 11 is 5.80. The third-order valence-electron chi connectivity index (χ3n) is 4.50. The van der Waals surface area contributed by atoms with Crippen LogP contribution in [0, 0.1) is 11.7 Å². The molecule has 0 spiro atoms. The summed E-state index contributed by atoms with van der Waals surface area (Å²) in [6, 6.07) is 12.5. The van der Waals surface area contributed by atoms with Crippen LogP contribution in [-0.2, 0) is 14.4 Å². The second-order valence-corrected chi connectivity index (χ2v) is 7.04. The van der Waals surface area contributed by atoms with Gasteiger partial charge >= 0.3 is 0 Å². The molecule has 0 unspecified atom stereocenters. The van der Waals surface area contributed by atoms with Crippen molar-refractivity contribution in [3.63, 3.8) is 0 Å². The maximum absolute atomic E-state index is 14.0. The Bertz CT molecular complexity index is 904. The van der Waals surface area contributed by atoms with Crippen molar-refractivity contribution in [2.75, 3.05) is 30.4 Å². The lowest BCUT2D eigenvalue weighted by Crippen LogP contribution is -2.39. The number of nitrogens with zero attached hydrogens (tertiary/aromatic N) is 2. The molecule has 3 amide bonds. The lowest BCUT2D eigenvalue weighted by Gasteiger charge is -2.21. The van der Waals surface area contributed by atoms with Gasteiger partial charge in [0, 0.05) is 30.7 Å². The molecule has 8 heteroatoms. The second-order valence-electron chi connectivity index (χ2n) is 6.61. The van der Waals surface area contributed by atoms with Gasteiger partial charge in [0.1, 0.15) is 5.82 Å². The van der Waals surface area contributed by atoms with E-state index in [-0.39, 0.29) is 42.9 Å². The minimum Gasteiger partial charge on any atom is -0.336 e. The van der Waals surface area contributed by atoms with Gasteiger partial charge in [0.2, 0.25) is 17.7 Å². The molecule has 1 saturated heterocycles. The molecule has 0 saturated carbocycles. The Morgan fingerprint density at radius 1 is 1.21 bits per heavy atom. The molecule has 0 aromatic heterocycles. The van der Waals surface area contributed by atoms with Crippen LogP contribution in [-0.4, -0.2) is 42.8 Å². The van der Waals surface area contributed by atoms with Gasteiger partial charge in [-0.3, -0.25) is 14.4 Å². The Morgan fingerprint density at radius 3 is 2.57 bits per heavy atom. The van der Waals surface area contributed by atoms with Gasteiger partial charge in [-0.05, 0) is 36.4 Å². The SMILES string of the molecule is CN(CC(=O)Nc1ccc(Cl)cc1)C(=O)[C@H]1CC(=O)N(c2ccccc2F)C1. The Morgan fingerprint density at radius 2 is 1.89 bits per heavy atom. The monoisotopic (exact) mass is 403 g/mol. The van der Waals surface area contributed by atoms with E-state index in [9.17, 15) is 18.8 Å². The fourth-order valence-corrected chi connectivity index (χ4v) is 3.24. The lowest BCUT2D eigenvalue weighted by molar-refractivity contribution is -0.137. The first-order valence-electron chi connectivity index (χ1n) is 8.70. The summed E-state index contributed by atoms with van der Waals surface area (Å²) in [5.41, 5.74) is 0.725. The number of halogens is 2. The number of rotatable bonds is 5. The zero-order chi connectivity index (χ0) is 20.3. The zero-order valence-corrected chi connectivity index (χ0v) is 15.9. The van der Waals surface area contributed by atoms with Crippen LogP contribution >= 0.6 is 11.6 Å². The van der Waals surface area contributed by atoms with E-state index in [1.807, 2.05) is 0 Å². The third-order valence-corrected chi connectivity index (χ3v) is 4.75. The Labute approximate surface area is 166 Å². The van der Waals surface area contributed by atoms with Crippen molar-refractivity contribution in [2.24, 2.45) is 5.92 Å². The van der Waals surface area contributed by atoms with E-state index < -0.39 is 11.7 Å². The highest BCUT2D eigenvalue weighted by Gasteiger charge is 2.37. The predicted octanol–water partition coefficient (Wildman–Crippen LogP) is 2.93. The van der Waals surface area contributed by atoms with E-state index in [1.165, 1.54) is 35.0 Å². The fraction of sp³-hybridized carbons (Fsp3) is 0.250. The van der Waals surface area contributed by atoms with Crippen molar-refractivity contribution in [2.45, 2.75) is 6.42 Å². The molecule has 1 aliphatic rings. The quantitative estimate of drug-likeness (QED) is 0.834. The van der Waals surface area contributed by atoms with Crippen LogP contribution in [0.3, 0.4) is 0 Å². The third kappa shape index (κ3) is 4.48. The molecule has 3 rings (SSSR count). The topological polar surface area (TPSA) is 69.7 Å². The average molecular weight is 404 g/mol. The predicted molar refractivity (Wildman–Crippen MR) is 105 cm³/mol. The van der Waals surface area contributed by atoms with Crippen LogP contribution < -0.4 is 10.2 Å². The number of hydrogen-bond donors (Lipinski definition) is 1. The summed E-state index contributed by atoms with van der Waals surface area (Å²) in [6.07, 6.45) is -0.0175. The molecule has 2 aromatic carbocycles. The molecule has 1 aliphatic heterocycles. The number of hydrogen-bond acceptors (Lipinski definition) is 3. The molecule has 1 heterocycles. The highest BCUT2D eigenvalue weighted by Crippen LogP contribution is 2.28. The smallest absolute Gasteiger partial charge is 0.243 e. The van der Waals surface area contributed by atoms with Crippen molar-refractivity contribution < 1.29 is 18.8 Å². The largest absolute Gasteiger partial charge is 0.336 e. The van der Waals surface area contributed by atoms with E-state index in [0.717, 1.165) is 0 Å². The number of amides is 3. The first kappa shape index (κ1) is 19.8. The van der Waals surface area contributed by atoms with Crippen LogP contribution in [0.15, 0.2) is 48.5 Å². The molecular formula is C20H19ClFN3O3. The molecule has 0 radical (unpaired) electrons. The molecule has 146 valence electrons. The lowest BCUT2D eigenvalue weighted by atomic mass is 10.1. The van der Waals surface area contributed by atoms with E-state index in [2.05, 4.69) is 5.32 Å². The first-order chi connectivity index (χ1) is 13.3. The van der Waals surface area contributed by atoms with Crippen molar-refractivity contribution in [1.29, 1.82) is 0 Å². The molecule has 1 atom stereocenters. The standard InChI is InChI=1S/C20H19ClFN3O3/c1-24(12-18(26)23-15-8-6-14(21)7-9-15)20(28)13-10-19(27)25(11-13)17-5-3-2-4-16(17)22/h2-9,13H,10-12H2,1H3,(H,23,26)/t13-/m0/s1. The number of carbonyl (C=O) groups is 3. The van der Waals surface area contributed by atoms with Crippen LogP contribution in [0.4, 0.5) is 15.8 Å². The van der Waals surface area contributed by atoms with Crippen LogP contribution in [0.1, 0.15) is 6.42 Å². The van der Waals surface area contributed by atoms with E-state index in [0.29, 0.717) is 10.7 Å². The molecule has 2 aromatic rings. The van der Waals surface area contributed by atoms with Gasteiger partial charge in [0.05, 0.1) is 18.2 Å².